The van der Waals surface area contributed by atoms with Crippen LogP contribution in [0.3, 0.4) is 0 Å². The first kappa shape index (κ1) is 16.7. The number of nitrogens with zero attached hydrogens (tertiary/aromatic N) is 2. The van der Waals surface area contributed by atoms with Gasteiger partial charge in [0, 0.05) is 18.2 Å². The Morgan fingerprint density at radius 3 is 2.76 bits per heavy atom. The maximum absolute atomic E-state index is 12.0. The summed E-state index contributed by atoms with van der Waals surface area (Å²) in [4.78, 5) is 47.1. The van der Waals surface area contributed by atoms with Gasteiger partial charge in [0.05, 0.1) is 17.2 Å². The van der Waals surface area contributed by atoms with Gasteiger partial charge in [-0.15, -0.1) is 0 Å². The summed E-state index contributed by atoms with van der Waals surface area (Å²) in [7, 11) is 0. The molecule has 0 spiro atoms. The normalized spacial score (nSPS) is 15.8. The van der Waals surface area contributed by atoms with E-state index >= 15 is 0 Å². The zero-order valence-corrected chi connectivity index (χ0v) is 13.2. The number of benzene rings is 1. The van der Waals surface area contributed by atoms with Gasteiger partial charge in [-0.1, -0.05) is 0 Å². The average Bonchev–Trinajstić information content (AvgIpc) is 3.39. The molecule has 3 rings (SSSR count). The fraction of sp³-hybridized carbons (Fsp3) is 0.400. The van der Waals surface area contributed by atoms with Crippen molar-refractivity contribution in [1.82, 2.24) is 10.6 Å². The molecule has 1 aromatic rings. The van der Waals surface area contributed by atoms with Crippen molar-refractivity contribution in [2.24, 2.45) is 0 Å². The Morgan fingerprint density at radius 1 is 1.32 bits per heavy atom. The molecule has 10 nitrogen and oxygen atoms in total. The summed E-state index contributed by atoms with van der Waals surface area (Å²) in [5, 5.41) is 16.1. The van der Waals surface area contributed by atoms with Crippen LogP contribution in [-0.4, -0.2) is 48.4 Å². The van der Waals surface area contributed by atoms with Gasteiger partial charge < -0.3 is 15.4 Å². The Balaban J connectivity index is 1.65. The van der Waals surface area contributed by atoms with E-state index in [1.807, 2.05) is 0 Å². The number of rotatable bonds is 6. The lowest BCUT2D eigenvalue weighted by atomic mass is 10.2. The first-order chi connectivity index (χ1) is 11.9. The van der Waals surface area contributed by atoms with Crippen LogP contribution in [0.5, 0.6) is 5.75 Å². The van der Waals surface area contributed by atoms with E-state index in [9.17, 15) is 24.5 Å². The van der Waals surface area contributed by atoms with E-state index in [0.29, 0.717) is 0 Å². The second kappa shape index (κ2) is 6.75. The molecule has 0 radical (unpaired) electrons. The summed E-state index contributed by atoms with van der Waals surface area (Å²) in [6.07, 6.45) is 1.88. The number of fused-ring (bicyclic) bond motifs is 1. The molecular formula is C15H16N4O6. The summed E-state index contributed by atoms with van der Waals surface area (Å²) < 4.78 is 5.22. The van der Waals surface area contributed by atoms with Crippen molar-refractivity contribution in [2.75, 3.05) is 24.6 Å². The van der Waals surface area contributed by atoms with Crippen LogP contribution < -0.4 is 20.3 Å². The molecule has 1 saturated carbocycles. The van der Waals surface area contributed by atoms with Crippen molar-refractivity contribution >= 4 is 29.1 Å². The molecule has 1 aliphatic carbocycles. The van der Waals surface area contributed by atoms with E-state index in [0.717, 1.165) is 17.7 Å². The molecule has 1 heterocycles. The van der Waals surface area contributed by atoms with Crippen molar-refractivity contribution in [1.29, 1.82) is 0 Å². The number of nitrogens with one attached hydrogen (secondary N) is 2. The molecule has 25 heavy (non-hydrogen) atoms. The summed E-state index contributed by atoms with van der Waals surface area (Å²) in [6, 6.07) is 4.01. The lowest BCUT2D eigenvalue weighted by Gasteiger charge is -2.28. The molecule has 1 aromatic carbocycles. The minimum Gasteiger partial charge on any atom is -0.482 e. The third-order valence-corrected chi connectivity index (χ3v) is 3.79. The van der Waals surface area contributed by atoms with Crippen LogP contribution in [0.2, 0.25) is 0 Å². The highest BCUT2D eigenvalue weighted by Gasteiger charge is 2.29. The topological polar surface area (TPSA) is 131 Å². The van der Waals surface area contributed by atoms with Crippen molar-refractivity contribution in [3.8, 4) is 5.75 Å². The maximum Gasteiger partial charge on any atom is 0.271 e. The molecule has 0 unspecified atom stereocenters. The number of nitro benzene ring substituents is 1. The number of carbonyl (C=O) groups is 3. The highest BCUT2D eigenvalue weighted by molar-refractivity contribution is 6.02. The van der Waals surface area contributed by atoms with Gasteiger partial charge in [-0.2, -0.15) is 0 Å². The molecule has 2 aliphatic rings. The zero-order chi connectivity index (χ0) is 18.0. The molecule has 10 heteroatoms. The fourth-order valence-corrected chi connectivity index (χ4v) is 2.36. The zero-order valence-electron chi connectivity index (χ0n) is 13.2. The van der Waals surface area contributed by atoms with Crippen LogP contribution in [0.1, 0.15) is 12.8 Å². The SMILES string of the molecule is O=C(CN1C(=O)COc2ccc([N+](=O)[O-])cc21)NCC(=O)NC1CC1. The standard InChI is InChI=1S/C15H16N4O6/c20-13(17-9-1-2-9)6-16-14(21)7-18-11-5-10(19(23)24)3-4-12(11)25-8-15(18)22/h3-5,9H,1-2,6-8H2,(H,16,21)(H,17,20). The van der Waals surface area contributed by atoms with Crippen molar-refractivity contribution in [3.05, 3.63) is 28.3 Å². The smallest absolute Gasteiger partial charge is 0.271 e. The van der Waals surface area contributed by atoms with E-state index in [2.05, 4.69) is 10.6 Å². The minimum absolute atomic E-state index is 0.156. The molecular weight excluding hydrogens is 332 g/mol. The number of non-ortho nitro benzene ring substituents is 1. The highest BCUT2D eigenvalue weighted by Crippen LogP contribution is 2.35. The number of carbonyl (C=O) groups excluding carboxylic acids is 3. The predicted molar refractivity (Wildman–Crippen MR) is 85.1 cm³/mol. The summed E-state index contributed by atoms with van der Waals surface area (Å²) in [5.41, 5.74) is -0.0608. The Morgan fingerprint density at radius 2 is 2.08 bits per heavy atom. The van der Waals surface area contributed by atoms with Crippen molar-refractivity contribution in [3.63, 3.8) is 0 Å². The van der Waals surface area contributed by atoms with Crippen LogP contribution in [-0.2, 0) is 14.4 Å². The molecule has 1 aliphatic heterocycles. The van der Waals surface area contributed by atoms with Crippen molar-refractivity contribution < 1.29 is 24.0 Å². The molecule has 0 atom stereocenters. The Kier molecular flexibility index (Phi) is 4.50. The second-order valence-corrected chi connectivity index (χ2v) is 5.80. The lowest BCUT2D eigenvalue weighted by Crippen LogP contribution is -2.47. The van der Waals surface area contributed by atoms with Crippen LogP contribution >= 0.6 is 0 Å². The first-order valence-corrected chi connectivity index (χ1v) is 7.71. The maximum atomic E-state index is 12.0. The van der Waals surface area contributed by atoms with Gasteiger partial charge in [0.1, 0.15) is 12.3 Å². The van der Waals surface area contributed by atoms with E-state index in [1.54, 1.807) is 0 Å². The van der Waals surface area contributed by atoms with E-state index in [-0.39, 0.29) is 48.8 Å². The Bertz CT molecular complexity index is 746. The number of hydrogen-bond donors (Lipinski definition) is 2. The lowest BCUT2D eigenvalue weighted by molar-refractivity contribution is -0.384. The monoisotopic (exact) mass is 348 g/mol. The predicted octanol–water partition coefficient (Wildman–Crippen LogP) is -0.285. The molecule has 2 N–H and O–H groups in total. The molecule has 0 aromatic heterocycles. The van der Waals surface area contributed by atoms with Gasteiger partial charge >= 0.3 is 0 Å². The largest absolute Gasteiger partial charge is 0.482 e. The molecule has 3 amide bonds. The van der Waals surface area contributed by atoms with E-state index < -0.39 is 16.7 Å². The van der Waals surface area contributed by atoms with Gasteiger partial charge in [0.2, 0.25) is 11.8 Å². The molecule has 0 bridgehead atoms. The summed E-state index contributed by atoms with van der Waals surface area (Å²) in [5.74, 6) is -1.05. The number of hydrogen-bond acceptors (Lipinski definition) is 6. The highest BCUT2D eigenvalue weighted by atomic mass is 16.6. The Labute approximate surface area is 142 Å². The van der Waals surface area contributed by atoms with Gasteiger partial charge in [0.15, 0.2) is 6.61 Å². The first-order valence-electron chi connectivity index (χ1n) is 7.71. The van der Waals surface area contributed by atoms with Gasteiger partial charge in [-0.05, 0) is 18.9 Å². The van der Waals surface area contributed by atoms with Gasteiger partial charge in [0.25, 0.3) is 11.6 Å². The van der Waals surface area contributed by atoms with Gasteiger partial charge in [-0.3, -0.25) is 29.4 Å². The average molecular weight is 348 g/mol. The molecule has 0 saturated heterocycles. The van der Waals surface area contributed by atoms with E-state index in [1.165, 1.54) is 18.2 Å². The molecule has 1 fully saturated rings. The number of ether oxygens (including phenoxy) is 1. The van der Waals surface area contributed by atoms with Crippen LogP contribution in [0, 0.1) is 10.1 Å². The summed E-state index contributed by atoms with van der Waals surface area (Å²) in [6.45, 7) is -0.803. The Hall–Kier alpha value is -3.17. The van der Waals surface area contributed by atoms with E-state index in [4.69, 9.17) is 4.74 Å². The van der Waals surface area contributed by atoms with Crippen LogP contribution in [0.25, 0.3) is 0 Å². The molecule has 132 valence electrons. The number of nitro groups is 1. The van der Waals surface area contributed by atoms with Crippen LogP contribution in [0.15, 0.2) is 18.2 Å². The third kappa shape index (κ3) is 4.03. The quantitative estimate of drug-likeness (QED) is 0.537. The van der Waals surface area contributed by atoms with Crippen LogP contribution in [0.4, 0.5) is 11.4 Å². The van der Waals surface area contributed by atoms with Gasteiger partial charge in [-0.25, -0.2) is 0 Å². The minimum atomic E-state index is -0.597. The number of anilines is 1. The summed E-state index contributed by atoms with van der Waals surface area (Å²) >= 11 is 0. The van der Waals surface area contributed by atoms with Crippen molar-refractivity contribution in [2.45, 2.75) is 18.9 Å². The number of amides is 3. The second-order valence-electron chi connectivity index (χ2n) is 5.80. The fourth-order valence-electron chi connectivity index (χ4n) is 2.36. The third-order valence-electron chi connectivity index (χ3n) is 3.79.